The highest BCUT2D eigenvalue weighted by molar-refractivity contribution is 8.34. The molecule has 0 saturated heterocycles. The largest absolute Gasteiger partial charge is 0.480 e. The van der Waals surface area contributed by atoms with Gasteiger partial charge in [-0.3, -0.25) is 9.59 Å². The van der Waals surface area contributed by atoms with Crippen molar-refractivity contribution in [2.24, 2.45) is 11.5 Å². The van der Waals surface area contributed by atoms with Gasteiger partial charge in [0.1, 0.15) is 12.1 Å². The topological polar surface area (TPSA) is 179 Å². The third-order valence-electron chi connectivity index (χ3n) is 3.01. The van der Waals surface area contributed by atoms with Crippen LogP contribution in [0.4, 0.5) is 0 Å². The molecule has 6 N–H and O–H groups in total. The Labute approximate surface area is 151 Å². The van der Waals surface area contributed by atoms with E-state index in [0.29, 0.717) is 0 Å². The van der Waals surface area contributed by atoms with E-state index in [-0.39, 0.29) is 24.3 Å². The number of hydrogen-bond acceptors (Lipinski definition) is 8. The van der Waals surface area contributed by atoms with Crippen molar-refractivity contribution in [2.75, 3.05) is 36.5 Å². The zero-order valence-electron chi connectivity index (χ0n) is 14.7. The molecule has 0 aromatic heterocycles. The third kappa shape index (κ3) is 10.9. The van der Waals surface area contributed by atoms with Crippen LogP contribution in [-0.2, 0) is 27.2 Å². The van der Waals surface area contributed by atoms with Crippen LogP contribution in [-0.4, -0.2) is 79.2 Å². The van der Waals surface area contributed by atoms with Gasteiger partial charge in [-0.25, -0.2) is 0 Å². The molecule has 0 aliphatic rings. The number of carbonyl (C=O) groups is 2. The number of rotatable bonds is 12. The smallest absolute Gasteiger partial charge is 0.418 e. The Morgan fingerprint density at radius 2 is 1.12 bits per heavy atom. The zero-order valence-corrected chi connectivity index (χ0v) is 17.2. The van der Waals surface area contributed by atoms with Crippen molar-refractivity contribution >= 4 is 43.0 Å². The van der Waals surface area contributed by atoms with Crippen molar-refractivity contribution in [1.82, 2.24) is 0 Å². The van der Waals surface area contributed by atoms with Crippen molar-refractivity contribution < 1.29 is 35.5 Å². The Kier molecular flexibility index (Phi) is 9.18. The summed E-state index contributed by atoms with van der Waals surface area (Å²) < 4.78 is 34.4. The monoisotopic (exact) mass is 424 g/mol. The summed E-state index contributed by atoms with van der Waals surface area (Å²) in [6.07, 6.45) is 6.38. The summed E-state index contributed by atoms with van der Waals surface area (Å²) in [6.45, 7) is 0. The van der Waals surface area contributed by atoms with Crippen molar-refractivity contribution in [3.63, 3.8) is 0 Å². The van der Waals surface area contributed by atoms with Gasteiger partial charge in [0.15, 0.2) is 0 Å². The second-order valence-corrected chi connectivity index (χ2v) is 14.8. The molecule has 0 saturated carbocycles. The van der Waals surface area contributed by atoms with Gasteiger partial charge in [0.25, 0.3) is 0 Å². The van der Waals surface area contributed by atoms with E-state index in [1.165, 1.54) is 0 Å². The van der Waals surface area contributed by atoms with Crippen molar-refractivity contribution in [1.29, 1.82) is 0 Å². The first kappa shape index (κ1) is 24.4. The molecule has 0 aromatic rings. The minimum atomic E-state index is -4.34. The average molecular weight is 425 g/mol. The molecule has 0 rings (SSSR count). The highest BCUT2D eigenvalue weighted by atomic mass is 32.4. The van der Waals surface area contributed by atoms with Crippen LogP contribution < -0.4 is 11.5 Å². The molecule has 0 aliphatic heterocycles. The van der Waals surface area contributed by atoms with E-state index in [1.54, 1.807) is 25.0 Å². The quantitative estimate of drug-likeness (QED) is 0.328. The average Bonchev–Trinajstić information content (AvgIpc) is 2.39. The van der Waals surface area contributed by atoms with Crippen LogP contribution in [0.2, 0.25) is 0 Å². The first-order chi connectivity index (χ1) is 11.1. The minimum Gasteiger partial charge on any atom is -0.480 e. The van der Waals surface area contributed by atoms with Gasteiger partial charge in [-0.1, -0.05) is 0 Å². The molecule has 13 heteroatoms. The maximum Gasteiger partial charge on any atom is 0.418 e. The summed E-state index contributed by atoms with van der Waals surface area (Å²) in [7, 11) is -8.63. The molecule has 10 nitrogen and oxygen atoms in total. The number of carboxylic acid groups (broad SMARTS) is 2. The summed E-state index contributed by atoms with van der Waals surface area (Å²) in [4.78, 5) is 21.4. The van der Waals surface area contributed by atoms with Gasteiger partial charge in [-0.15, -0.1) is 20.6 Å². The molecular formula is C12H28N2O8S3. The fourth-order valence-corrected chi connectivity index (χ4v) is 7.69. The second kappa shape index (κ2) is 9.39. The van der Waals surface area contributed by atoms with Crippen LogP contribution in [0, 0.1) is 0 Å². The van der Waals surface area contributed by atoms with Gasteiger partial charge < -0.3 is 21.7 Å². The molecule has 0 heterocycles. The summed E-state index contributed by atoms with van der Waals surface area (Å²) in [5, 5.41) is 17.5. The number of nitrogens with two attached hydrogens (primary N) is 2. The highest BCUT2D eigenvalue weighted by Crippen LogP contribution is 2.49. The fraction of sp³-hybridized carbons (Fsp3) is 0.833. The van der Waals surface area contributed by atoms with Gasteiger partial charge in [-0.05, 0) is 37.9 Å². The Morgan fingerprint density at radius 3 is 1.36 bits per heavy atom. The molecule has 25 heavy (non-hydrogen) atoms. The number of carboxylic acids is 2. The van der Waals surface area contributed by atoms with Crippen molar-refractivity contribution in [2.45, 2.75) is 24.9 Å². The second-order valence-electron chi connectivity index (χ2n) is 6.29. The van der Waals surface area contributed by atoms with Gasteiger partial charge in [0, 0.05) is 11.5 Å². The lowest BCUT2D eigenvalue weighted by atomic mass is 10.2. The van der Waals surface area contributed by atoms with Crippen LogP contribution in [0.15, 0.2) is 0 Å². The molecule has 0 fully saturated rings. The lowest BCUT2D eigenvalue weighted by molar-refractivity contribution is -0.139. The molecule has 0 radical (unpaired) electrons. The van der Waals surface area contributed by atoms with Crippen LogP contribution in [0.1, 0.15) is 12.8 Å². The van der Waals surface area contributed by atoms with Gasteiger partial charge >= 0.3 is 22.3 Å². The maximum atomic E-state index is 12.1. The summed E-state index contributed by atoms with van der Waals surface area (Å²) >= 11 is 0. The summed E-state index contributed by atoms with van der Waals surface area (Å²) in [5.74, 6) is -2.00. The summed E-state index contributed by atoms with van der Waals surface area (Å²) in [6, 6.07) is -2.20. The van der Waals surface area contributed by atoms with E-state index < -0.39 is 55.0 Å². The molecule has 0 spiro atoms. The molecule has 2 atom stereocenters. The number of aliphatic carboxylic acids is 2. The summed E-state index contributed by atoms with van der Waals surface area (Å²) in [5.41, 5.74) is 10.8. The Morgan fingerprint density at radius 1 is 0.840 bits per heavy atom. The minimum absolute atomic E-state index is 0.0664. The third-order valence-corrected chi connectivity index (χ3v) is 9.73. The standard InChI is InChI=1S/C12H28N2O8S3/c1-23(2,7-5-9(13)11(15)16)21-25(19,20)22-24(3,4)8-6-10(14)12(17)18/h9-10H,5-8,13-14H2,1-4H3,(H,15,16)(H,17,18)/t9-,10-/m0/s1. The molecule has 152 valence electrons. The predicted octanol–water partition coefficient (Wildman–Crippen LogP) is -0.173. The normalized spacial score (nSPS) is 16.9. The van der Waals surface area contributed by atoms with Crippen LogP contribution >= 0.6 is 20.6 Å². The lowest BCUT2D eigenvalue weighted by Gasteiger charge is -2.34. The molecule has 0 bridgehead atoms. The van der Waals surface area contributed by atoms with E-state index in [0.717, 1.165) is 0 Å². The predicted molar refractivity (Wildman–Crippen MR) is 100 cm³/mol. The molecular weight excluding hydrogens is 396 g/mol. The van der Waals surface area contributed by atoms with Crippen LogP contribution in [0.25, 0.3) is 0 Å². The van der Waals surface area contributed by atoms with E-state index in [1.807, 2.05) is 0 Å². The van der Waals surface area contributed by atoms with E-state index in [2.05, 4.69) is 0 Å². The first-order valence-electron chi connectivity index (χ1n) is 7.13. The number of hydrogen-bond donors (Lipinski definition) is 4. The molecule has 0 amide bonds. The molecule has 0 aromatic carbocycles. The first-order valence-corrected chi connectivity index (χ1v) is 13.5. The zero-order chi connectivity index (χ0) is 20.1. The lowest BCUT2D eigenvalue weighted by Crippen LogP contribution is -2.32. The maximum absolute atomic E-state index is 12.1. The van der Waals surface area contributed by atoms with Crippen LogP contribution in [0.3, 0.4) is 0 Å². The Hall–Kier alpha value is -0.570. The van der Waals surface area contributed by atoms with E-state index in [4.69, 9.17) is 28.9 Å². The van der Waals surface area contributed by atoms with Gasteiger partial charge in [-0.2, -0.15) is 15.7 Å². The Bertz CT molecular complexity index is 535. The van der Waals surface area contributed by atoms with E-state index in [9.17, 15) is 18.0 Å². The molecule has 0 unspecified atom stereocenters. The Balaban J connectivity index is 4.73. The molecule has 0 aliphatic carbocycles. The fourth-order valence-electron chi connectivity index (χ4n) is 1.60. The van der Waals surface area contributed by atoms with Gasteiger partial charge in [0.2, 0.25) is 0 Å². The van der Waals surface area contributed by atoms with Crippen molar-refractivity contribution in [3.05, 3.63) is 0 Å². The highest BCUT2D eigenvalue weighted by Gasteiger charge is 2.30. The van der Waals surface area contributed by atoms with Crippen LogP contribution in [0.5, 0.6) is 0 Å². The van der Waals surface area contributed by atoms with E-state index >= 15 is 0 Å². The SMILES string of the molecule is CS(C)(CC[C@H](N)C(=O)O)OS(=O)(=O)OS(C)(C)CC[C@H](N)C(=O)O. The van der Waals surface area contributed by atoms with Gasteiger partial charge in [0.05, 0.1) is 0 Å². The van der Waals surface area contributed by atoms with Crippen molar-refractivity contribution in [3.8, 4) is 0 Å².